The molecule has 2 unspecified atom stereocenters. The Labute approximate surface area is 94.0 Å². The summed E-state index contributed by atoms with van der Waals surface area (Å²) in [7, 11) is 0. The number of hydrogen-bond acceptors (Lipinski definition) is 2. The molecule has 0 amide bonds. The molecule has 1 aromatic rings. The van der Waals surface area contributed by atoms with E-state index in [1.165, 1.54) is 12.0 Å². The molecule has 1 nitrogen and oxygen atoms in total. The normalized spacial score (nSPS) is 24.8. The summed E-state index contributed by atoms with van der Waals surface area (Å²) in [6, 6.07) is 2.16. The summed E-state index contributed by atoms with van der Waals surface area (Å²) in [6.07, 6.45) is 3.37. The minimum Gasteiger partial charge on any atom is -0.381 e. The summed E-state index contributed by atoms with van der Waals surface area (Å²) in [5, 5.41) is 4.53. The molecular weight excluding hydrogens is 216 g/mol. The number of rotatable bonds is 3. The molecule has 0 radical (unpaired) electrons. The van der Waals surface area contributed by atoms with E-state index in [9.17, 15) is 0 Å². The Kier molecular flexibility index (Phi) is 3.85. The third kappa shape index (κ3) is 2.72. The van der Waals surface area contributed by atoms with Crippen LogP contribution in [0.15, 0.2) is 16.8 Å². The lowest BCUT2D eigenvalue weighted by Crippen LogP contribution is -2.26. The summed E-state index contributed by atoms with van der Waals surface area (Å²) in [5.41, 5.74) is 1.36. The van der Waals surface area contributed by atoms with Crippen LogP contribution in [0.1, 0.15) is 18.4 Å². The largest absolute Gasteiger partial charge is 0.381 e. The van der Waals surface area contributed by atoms with Crippen molar-refractivity contribution < 1.29 is 4.74 Å². The van der Waals surface area contributed by atoms with Crippen LogP contribution in [0.2, 0.25) is 0 Å². The molecule has 1 aliphatic rings. The Hall–Kier alpha value is -0.0500. The Morgan fingerprint density at radius 2 is 2.57 bits per heavy atom. The number of hydrogen-bond donors (Lipinski definition) is 0. The molecule has 3 heteroatoms. The summed E-state index contributed by atoms with van der Waals surface area (Å²) in [4.78, 5) is 0. The van der Waals surface area contributed by atoms with Gasteiger partial charge in [0.25, 0.3) is 0 Å². The van der Waals surface area contributed by atoms with Crippen LogP contribution in [-0.4, -0.2) is 18.6 Å². The predicted octanol–water partition coefficient (Wildman–Crippen LogP) is 3.32. The number of alkyl halides is 1. The quantitative estimate of drug-likeness (QED) is 0.724. The highest BCUT2D eigenvalue weighted by Crippen LogP contribution is 2.25. The third-order valence-electron chi connectivity index (χ3n) is 2.72. The predicted molar refractivity (Wildman–Crippen MR) is 61.2 cm³/mol. The molecule has 0 spiro atoms. The molecule has 78 valence electrons. The van der Waals surface area contributed by atoms with Crippen LogP contribution in [0.25, 0.3) is 0 Å². The fraction of sp³-hybridized carbons (Fsp3) is 0.636. The average molecular weight is 231 g/mol. The lowest BCUT2D eigenvalue weighted by molar-refractivity contribution is 0.0533. The summed E-state index contributed by atoms with van der Waals surface area (Å²) < 4.78 is 5.44. The first-order valence-corrected chi connectivity index (χ1v) is 6.47. The molecule has 2 atom stereocenters. The Balaban J connectivity index is 1.85. The van der Waals surface area contributed by atoms with E-state index >= 15 is 0 Å². The molecule has 1 fully saturated rings. The molecule has 0 bridgehead atoms. The van der Waals surface area contributed by atoms with Gasteiger partial charge in [0.05, 0.1) is 6.61 Å². The van der Waals surface area contributed by atoms with Crippen molar-refractivity contribution in [3.63, 3.8) is 0 Å². The topological polar surface area (TPSA) is 9.23 Å². The van der Waals surface area contributed by atoms with Crippen molar-refractivity contribution in [3.05, 3.63) is 22.4 Å². The first-order chi connectivity index (χ1) is 6.86. The van der Waals surface area contributed by atoms with Gasteiger partial charge in [-0.05, 0) is 47.6 Å². The van der Waals surface area contributed by atoms with Crippen LogP contribution in [0.4, 0.5) is 0 Å². The lowest BCUT2D eigenvalue weighted by Gasteiger charge is -2.25. The number of halogens is 1. The van der Waals surface area contributed by atoms with Gasteiger partial charge in [0.15, 0.2) is 0 Å². The first kappa shape index (κ1) is 10.5. The van der Waals surface area contributed by atoms with Crippen molar-refractivity contribution >= 4 is 22.9 Å². The van der Waals surface area contributed by atoms with E-state index in [1.807, 2.05) is 0 Å². The van der Waals surface area contributed by atoms with Crippen molar-refractivity contribution in [2.75, 3.05) is 13.2 Å². The third-order valence-corrected chi connectivity index (χ3v) is 3.96. The van der Waals surface area contributed by atoms with Gasteiger partial charge in [-0.15, -0.1) is 11.6 Å². The van der Waals surface area contributed by atoms with Gasteiger partial charge in [-0.2, -0.15) is 11.3 Å². The maximum absolute atomic E-state index is 6.38. The number of ether oxygens (including phenoxy) is 1. The molecule has 2 heterocycles. The van der Waals surface area contributed by atoms with Crippen molar-refractivity contribution in [3.8, 4) is 0 Å². The zero-order valence-corrected chi connectivity index (χ0v) is 9.69. The van der Waals surface area contributed by atoms with Gasteiger partial charge >= 0.3 is 0 Å². The summed E-state index contributed by atoms with van der Waals surface area (Å²) in [5.74, 6) is 0.547. The number of thiophene rings is 1. The standard InChI is InChI=1S/C11H15ClOS/c12-11(6-9-3-5-14-8-9)10-2-1-4-13-7-10/h3,5,8,10-11H,1-2,4,6-7H2. The van der Waals surface area contributed by atoms with Gasteiger partial charge < -0.3 is 4.74 Å². The highest BCUT2D eigenvalue weighted by molar-refractivity contribution is 7.07. The van der Waals surface area contributed by atoms with Crippen molar-refractivity contribution in [2.24, 2.45) is 5.92 Å². The molecule has 0 saturated carbocycles. The smallest absolute Gasteiger partial charge is 0.0508 e. The van der Waals surface area contributed by atoms with Gasteiger partial charge in [0, 0.05) is 12.0 Å². The van der Waals surface area contributed by atoms with E-state index in [0.29, 0.717) is 5.92 Å². The molecule has 0 aromatic carbocycles. The zero-order chi connectivity index (χ0) is 9.80. The van der Waals surface area contributed by atoms with Crippen molar-refractivity contribution in [1.82, 2.24) is 0 Å². The Morgan fingerprint density at radius 3 is 3.21 bits per heavy atom. The van der Waals surface area contributed by atoms with Crippen LogP contribution in [-0.2, 0) is 11.2 Å². The first-order valence-electron chi connectivity index (χ1n) is 5.09. The van der Waals surface area contributed by atoms with E-state index in [-0.39, 0.29) is 5.38 Å². The average Bonchev–Trinajstić information content (AvgIpc) is 2.72. The molecule has 1 aromatic heterocycles. The maximum atomic E-state index is 6.38. The van der Waals surface area contributed by atoms with E-state index in [1.54, 1.807) is 11.3 Å². The maximum Gasteiger partial charge on any atom is 0.0508 e. The Morgan fingerprint density at radius 1 is 1.64 bits per heavy atom. The molecule has 1 saturated heterocycles. The van der Waals surface area contributed by atoms with Crippen LogP contribution in [0, 0.1) is 5.92 Å². The van der Waals surface area contributed by atoms with Gasteiger partial charge in [-0.25, -0.2) is 0 Å². The van der Waals surface area contributed by atoms with Crippen LogP contribution < -0.4 is 0 Å². The highest BCUT2D eigenvalue weighted by atomic mass is 35.5. The summed E-state index contributed by atoms with van der Waals surface area (Å²) in [6.45, 7) is 1.76. The minimum absolute atomic E-state index is 0.241. The fourth-order valence-corrected chi connectivity index (χ4v) is 2.91. The summed E-state index contributed by atoms with van der Waals surface area (Å²) >= 11 is 8.11. The Bertz CT molecular complexity index is 254. The SMILES string of the molecule is ClC(Cc1ccsc1)C1CCCOC1. The molecular formula is C11H15ClOS. The van der Waals surface area contributed by atoms with Crippen molar-refractivity contribution in [1.29, 1.82) is 0 Å². The second-order valence-corrected chi connectivity index (χ2v) is 5.17. The minimum atomic E-state index is 0.241. The second-order valence-electron chi connectivity index (χ2n) is 3.83. The fourth-order valence-electron chi connectivity index (χ4n) is 1.85. The lowest BCUT2D eigenvalue weighted by atomic mass is 9.95. The van der Waals surface area contributed by atoms with Crippen molar-refractivity contribution in [2.45, 2.75) is 24.6 Å². The van der Waals surface area contributed by atoms with E-state index in [2.05, 4.69) is 16.8 Å². The van der Waals surface area contributed by atoms with Crippen LogP contribution >= 0.6 is 22.9 Å². The van der Waals surface area contributed by atoms with Crippen LogP contribution in [0.3, 0.4) is 0 Å². The molecule has 2 rings (SSSR count). The molecule has 0 N–H and O–H groups in total. The van der Waals surface area contributed by atoms with Gasteiger partial charge in [0.2, 0.25) is 0 Å². The van der Waals surface area contributed by atoms with Gasteiger partial charge in [0.1, 0.15) is 0 Å². The van der Waals surface area contributed by atoms with E-state index < -0.39 is 0 Å². The van der Waals surface area contributed by atoms with Gasteiger partial charge in [-0.1, -0.05) is 0 Å². The van der Waals surface area contributed by atoms with Gasteiger partial charge in [-0.3, -0.25) is 0 Å². The highest BCUT2D eigenvalue weighted by Gasteiger charge is 2.22. The van der Waals surface area contributed by atoms with E-state index in [0.717, 1.165) is 26.1 Å². The monoisotopic (exact) mass is 230 g/mol. The zero-order valence-electron chi connectivity index (χ0n) is 8.12. The molecule has 0 aliphatic carbocycles. The van der Waals surface area contributed by atoms with Crippen LogP contribution in [0.5, 0.6) is 0 Å². The molecule has 1 aliphatic heterocycles. The van der Waals surface area contributed by atoms with E-state index in [4.69, 9.17) is 16.3 Å². The molecule has 14 heavy (non-hydrogen) atoms. The second kappa shape index (κ2) is 5.15.